The molecule has 0 spiro atoms. The van der Waals surface area contributed by atoms with Crippen LogP contribution in [0.3, 0.4) is 0 Å². The first-order valence-corrected chi connectivity index (χ1v) is 8.62. The first kappa shape index (κ1) is 20.2. The van der Waals surface area contributed by atoms with E-state index in [2.05, 4.69) is 4.72 Å². The summed E-state index contributed by atoms with van der Waals surface area (Å²) in [6.45, 7) is 4.43. The summed E-state index contributed by atoms with van der Waals surface area (Å²) in [7, 11) is -0.351. The maximum Gasteiger partial charge on any atom is 0.417 e. The van der Waals surface area contributed by atoms with Crippen LogP contribution >= 0.6 is 11.6 Å². The van der Waals surface area contributed by atoms with Crippen molar-refractivity contribution in [3.05, 3.63) is 28.8 Å². The molecule has 0 saturated heterocycles. The maximum absolute atomic E-state index is 12.8. The van der Waals surface area contributed by atoms with E-state index < -0.39 is 31.7 Å². The summed E-state index contributed by atoms with van der Waals surface area (Å²) in [5.74, 6) is 0. The molecule has 0 atom stereocenters. The van der Waals surface area contributed by atoms with E-state index in [9.17, 15) is 21.6 Å². The van der Waals surface area contributed by atoms with Gasteiger partial charge in [0, 0.05) is 13.1 Å². The van der Waals surface area contributed by atoms with Crippen LogP contribution in [0.5, 0.6) is 0 Å². The fourth-order valence-electron chi connectivity index (χ4n) is 2.17. The van der Waals surface area contributed by atoms with E-state index in [1.54, 1.807) is 0 Å². The van der Waals surface area contributed by atoms with Crippen LogP contribution in [0.2, 0.25) is 5.02 Å². The van der Waals surface area contributed by atoms with Gasteiger partial charge in [0.25, 0.3) is 0 Å². The second-order valence-corrected chi connectivity index (χ2v) is 8.54. The van der Waals surface area contributed by atoms with Crippen molar-refractivity contribution < 1.29 is 21.6 Å². The fraction of sp³-hybridized carbons (Fsp3) is 0.571. The Morgan fingerprint density at radius 2 is 1.78 bits per heavy atom. The van der Waals surface area contributed by atoms with Gasteiger partial charge in [-0.05, 0) is 37.7 Å². The number of benzene rings is 1. The van der Waals surface area contributed by atoms with Gasteiger partial charge in [0.15, 0.2) is 0 Å². The first-order valence-electron chi connectivity index (χ1n) is 6.76. The van der Waals surface area contributed by atoms with E-state index in [4.69, 9.17) is 11.6 Å². The smallest absolute Gasteiger partial charge is 0.309 e. The second kappa shape index (κ2) is 6.96. The maximum atomic E-state index is 12.8. The van der Waals surface area contributed by atoms with Crippen LogP contribution in [-0.2, 0) is 16.2 Å². The monoisotopic (exact) mass is 372 g/mol. The van der Waals surface area contributed by atoms with Crippen molar-refractivity contribution in [2.75, 3.05) is 27.2 Å². The van der Waals surface area contributed by atoms with Gasteiger partial charge in [0.05, 0.1) is 15.5 Å². The lowest BCUT2D eigenvalue weighted by Gasteiger charge is -2.28. The van der Waals surface area contributed by atoms with Crippen LogP contribution in [0.15, 0.2) is 23.1 Å². The molecule has 0 fully saturated rings. The number of alkyl halides is 3. The summed E-state index contributed by atoms with van der Waals surface area (Å²) in [5.41, 5.74) is -1.55. The van der Waals surface area contributed by atoms with Gasteiger partial charge in [-0.15, -0.1) is 0 Å². The summed E-state index contributed by atoms with van der Waals surface area (Å²) >= 11 is 5.50. The molecule has 1 N–H and O–H groups in total. The minimum absolute atomic E-state index is 0.0947. The lowest BCUT2D eigenvalue weighted by molar-refractivity contribution is -0.137. The lowest BCUT2D eigenvalue weighted by atomic mass is 9.93. The Kier molecular flexibility index (Phi) is 6.12. The molecule has 1 rings (SSSR count). The van der Waals surface area contributed by atoms with E-state index in [1.165, 1.54) is 0 Å². The fourth-order valence-corrected chi connectivity index (χ4v) is 3.67. The zero-order valence-corrected chi connectivity index (χ0v) is 14.9. The standard InChI is InChI=1S/C14H20ClF3N2O2S/c1-13(2,9-20(3)4)8-19-23(21,22)10-5-6-12(15)11(7-10)14(16,17)18/h5-7,19H,8-9H2,1-4H3. The topological polar surface area (TPSA) is 49.4 Å². The SMILES string of the molecule is CN(C)CC(C)(C)CNS(=O)(=O)c1ccc(Cl)c(C(F)(F)F)c1. The van der Waals surface area contributed by atoms with Crippen LogP contribution < -0.4 is 4.72 Å². The molecule has 1 aromatic carbocycles. The Bertz CT molecular complexity index is 658. The number of hydrogen-bond donors (Lipinski definition) is 1. The number of nitrogens with zero attached hydrogens (tertiary/aromatic N) is 1. The van der Waals surface area contributed by atoms with Gasteiger partial charge in [0.2, 0.25) is 10.0 Å². The third kappa shape index (κ3) is 5.95. The zero-order valence-electron chi connectivity index (χ0n) is 13.3. The number of sulfonamides is 1. The highest BCUT2D eigenvalue weighted by atomic mass is 35.5. The molecule has 0 bridgehead atoms. The zero-order chi connectivity index (χ0) is 18.1. The van der Waals surface area contributed by atoms with Gasteiger partial charge >= 0.3 is 6.18 Å². The van der Waals surface area contributed by atoms with Crippen molar-refractivity contribution in [2.24, 2.45) is 5.41 Å². The summed E-state index contributed by atoms with van der Waals surface area (Å²) < 4.78 is 65.3. The minimum Gasteiger partial charge on any atom is -0.309 e. The number of nitrogens with one attached hydrogen (secondary N) is 1. The number of rotatable bonds is 6. The number of halogens is 4. The van der Waals surface area contributed by atoms with Crippen LogP contribution in [0.4, 0.5) is 13.2 Å². The lowest BCUT2D eigenvalue weighted by Crippen LogP contribution is -2.40. The van der Waals surface area contributed by atoms with Crippen molar-refractivity contribution in [3.8, 4) is 0 Å². The quantitative estimate of drug-likeness (QED) is 0.834. The van der Waals surface area contributed by atoms with E-state index in [0.29, 0.717) is 12.6 Å². The Hall–Kier alpha value is -0.830. The average Bonchev–Trinajstić information content (AvgIpc) is 2.34. The molecule has 0 saturated carbocycles. The molecule has 0 aliphatic carbocycles. The molecule has 4 nitrogen and oxygen atoms in total. The molecule has 23 heavy (non-hydrogen) atoms. The third-order valence-electron chi connectivity index (χ3n) is 3.04. The van der Waals surface area contributed by atoms with Crippen molar-refractivity contribution >= 4 is 21.6 Å². The van der Waals surface area contributed by atoms with Crippen LogP contribution in [0.1, 0.15) is 19.4 Å². The molecule has 0 radical (unpaired) electrons. The van der Waals surface area contributed by atoms with Gasteiger partial charge in [-0.2, -0.15) is 13.2 Å². The molecule has 0 unspecified atom stereocenters. The normalized spacial score (nSPS) is 13.6. The molecule has 132 valence electrons. The highest BCUT2D eigenvalue weighted by molar-refractivity contribution is 7.89. The van der Waals surface area contributed by atoms with Gasteiger partial charge in [-0.25, -0.2) is 13.1 Å². The Labute approximate surface area is 139 Å². The molecule has 0 aromatic heterocycles. The van der Waals surface area contributed by atoms with Gasteiger partial charge in [-0.1, -0.05) is 25.4 Å². The molecule has 0 aliphatic rings. The van der Waals surface area contributed by atoms with E-state index in [-0.39, 0.29) is 12.0 Å². The highest BCUT2D eigenvalue weighted by Crippen LogP contribution is 2.35. The molecule has 0 amide bonds. The Morgan fingerprint density at radius 3 is 2.26 bits per heavy atom. The predicted molar refractivity (Wildman–Crippen MR) is 84.0 cm³/mol. The first-order chi connectivity index (χ1) is 10.2. The molecular weight excluding hydrogens is 353 g/mol. The van der Waals surface area contributed by atoms with Crippen molar-refractivity contribution in [2.45, 2.75) is 24.9 Å². The average molecular weight is 373 g/mol. The molecule has 1 aromatic rings. The summed E-state index contributed by atoms with van der Waals surface area (Å²) in [6.07, 6.45) is -4.72. The van der Waals surface area contributed by atoms with Crippen molar-refractivity contribution in [1.82, 2.24) is 9.62 Å². The Balaban J connectivity index is 3.02. The summed E-state index contributed by atoms with van der Waals surface area (Å²) in [6, 6.07) is 2.53. The Morgan fingerprint density at radius 1 is 1.22 bits per heavy atom. The van der Waals surface area contributed by atoms with Crippen LogP contribution in [-0.4, -0.2) is 40.5 Å². The summed E-state index contributed by atoms with van der Waals surface area (Å²) in [4.78, 5) is 1.44. The van der Waals surface area contributed by atoms with Gasteiger partial charge < -0.3 is 4.90 Å². The summed E-state index contributed by atoms with van der Waals surface area (Å²) in [5, 5.41) is -0.538. The van der Waals surface area contributed by atoms with Gasteiger partial charge in [-0.3, -0.25) is 0 Å². The predicted octanol–water partition coefficient (Wildman–Crippen LogP) is 3.22. The molecule has 0 aliphatic heterocycles. The van der Waals surface area contributed by atoms with Crippen LogP contribution in [0.25, 0.3) is 0 Å². The molecule has 9 heteroatoms. The van der Waals surface area contributed by atoms with E-state index in [0.717, 1.165) is 12.1 Å². The van der Waals surface area contributed by atoms with E-state index in [1.807, 2.05) is 32.8 Å². The third-order valence-corrected chi connectivity index (χ3v) is 4.77. The van der Waals surface area contributed by atoms with Crippen molar-refractivity contribution in [3.63, 3.8) is 0 Å². The minimum atomic E-state index is -4.72. The number of hydrogen-bond acceptors (Lipinski definition) is 3. The molecule has 0 heterocycles. The van der Waals surface area contributed by atoms with Crippen molar-refractivity contribution in [1.29, 1.82) is 0 Å². The highest BCUT2D eigenvalue weighted by Gasteiger charge is 2.34. The van der Waals surface area contributed by atoms with Crippen LogP contribution in [0, 0.1) is 5.41 Å². The molecular formula is C14H20ClF3N2O2S. The largest absolute Gasteiger partial charge is 0.417 e. The van der Waals surface area contributed by atoms with E-state index >= 15 is 0 Å². The van der Waals surface area contributed by atoms with Gasteiger partial charge in [0.1, 0.15) is 0 Å². The second-order valence-electron chi connectivity index (χ2n) is 6.37.